The zero-order valence-corrected chi connectivity index (χ0v) is 17.6. The summed E-state index contributed by atoms with van der Waals surface area (Å²) in [6.07, 6.45) is 1.91. The van der Waals surface area contributed by atoms with Crippen molar-refractivity contribution in [3.8, 4) is 11.3 Å². The van der Waals surface area contributed by atoms with Gasteiger partial charge in [-0.05, 0) is 33.4 Å². The standard InChI is InChI=1S/C17H17BrN4O4S2/c18-10-3-11(5-19-4-10)28-17-16(25)14(15(24)13(7-23)26-17)22-6-12(20-21-22)9-1-2-27-8-9/h1-6,8,13-17,23-25H,7H2/t13?,14-,15-,16?,17+/m0/s1. The van der Waals surface area contributed by atoms with E-state index < -0.39 is 29.8 Å². The maximum atomic E-state index is 10.9. The molecule has 1 fully saturated rings. The molecule has 1 aliphatic heterocycles. The van der Waals surface area contributed by atoms with E-state index in [9.17, 15) is 15.3 Å². The number of ether oxygens (including phenoxy) is 1. The summed E-state index contributed by atoms with van der Waals surface area (Å²) in [6.45, 7) is -0.385. The summed E-state index contributed by atoms with van der Waals surface area (Å²) in [5, 5.41) is 43.4. The average Bonchev–Trinajstić information content (AvgIpc) is 3.36. The Morgan fingerprint density at radius 1 is 1.29 bits per heavy atom. The number of hydrogen-bond donors (Lipinski definition) is 3. The molecule has 3 aromatic rings. The second-order valence-corrected chi connectivity index (χ2v) is 9.12. The highest BCUT2D eigenvalue weighted by Gasteiger charge is 2.46. The lowest BCUT2D eigenvalue weighted by Crippen LogP contribution is -2.55. The molecule has 28 heavy (non-hydrogen) atoms. The molecule has 8 nitrogen and oxygen atoms in total. The number of rotatable bonds is 5. The van der Waals surface area contributed by atoms with E-state index in [1.54, 1.807) is 29.9 Å². The van der Waals surface area contributed by atoms with Crippen molar-refractivity contribution in [1.29, 1.82) is 0 Å². The van der Waals surface area contributed by atoms with Crippen molar-refractivity contribution in [2.45, 2.75) is 34.7 Å². The highest BCUT2D eigenvalue weighted by molar-refractivity contribution is 9.10. The zero-order valence-electron chi connectivity index (χ0n) is 14.4. The van der Waals surface area contributed by atoms with Gasteiger partial charge in [0.25, 0.3) is 0 Å². The Labute approximate surface area is 177 Å². The first kappa shape index (κ1) is 20.0. The molecule has 1 aliphatic rings. The van der Waals surface area contributed by atoms with Crippen molar-refractivity contribution in [1.82, 2.24) is 20.0 Å². The van der Waals surface area contributed by atoms with Crippen LogP contribution in [0.4, 0.5) is 0 Å². The van der Waals surface area contributed by atoms with Crippen LogP contribution in [0.5, 0.6) is 0 Å². The SMILES string of the molecule is OCC1O[C@H](Sc2cncc(Br)c2)C(O)[C@@H](n2cc(-c3ccsc3)nn2)[C@H]1O. The number of thiophene rings is 1. The van der Waals surface area contributed by atoms with Gasteiger partial charge in [-0.1, -0.05) is 17.0 Å². The predicted molar refractivity (Wildman–Crippen MR) is 108 cm³/mol. The quantitative estimate of drug-likeness (QED) is 0.503. The summed E-state index contributed by atoms with van der Waals surface area (Å²) in [5.41, 5.74) is 0.834. The van der Waals surface area contributed by atoms with E-state index >= 15 is 0 Å². The van der Waals surface area contributed by atoms with Crippen LogP contribution in [-0.4, -0.2) is 65.7 Å². The molecule has 148 valence electrons. The van der Waals surface area contributed by atoms with E-state index in [1.807, 2.05) is 22.9 Å². The minimum absolute atomic E-state index is 0.385. The van der Waals surface area contributed by atoms with Crippen molar-refractivity contribution in [3.05, 3.63) is 46.0 Å². The van der Waals surface area contributed by atoms with Crippen LogP contribution in [-0.2, 0) is 4.74 Å². The van der Waals surface area contributed by atoms with Gasteiger partial charge in [-0.15, -0.1) is 5.10 Å². The monoisotopic (exact) mass is 484 g/mol. The summed E-state index contributed by atoms with van der Waals surface area (Å²) < 4.78 is 7.99. The van der Waals surface area contributed by atoms with Crippen LogP contribution in [0, 0.1) is 0 Å². The minimum Gasteiger partial charge on any atom is -0.394 e. The number of pyridine rings is 1. The molecule has 2 unspecified atom stereocenters. The first-order valence-corrected chi connectivity index (χ1v) is 11.0. The first-order chi connectivity index (χ1) is 13.6. The van der Waals surface area contributed by atoms with Gasteiger partial charge >= 0.3 is 0 Å². The molecule has 1 saturated heterocycles. The molecule has 0 saturated carbocycles. The molecular formula is C17H17BrN4O4S2. The van der Waals surface area contributed by atoms with Crippen LogP contribution < -0.4 is 0 Å². The van der Waals surface area contributed by atoms with Crippen molar-refractivity contribution in [2.24, 2.45) is 0 Å². The molecule has 0 aromatic carbocycles. The van der Waals surface area contributed by atoms with Crippen LogP contribution in [0.3, 0.4) is 0 Å². The van der Waals surface area contributed by atoms with E-state index in [0.717, 1.165) is 14.9 Å². The maximum absolute atomic E-state index is 10.9. The van der Waals surface area contributed by atoms with Crippen molar-refractivity contribution in [2.75, 3.05) is 6.61 Å². The Morgan fingerprint density at radius 2 is 2.14 bits per heavy atom. The van der Waals surface area contributed by atoms with E-state index in [1.165, 1.54) is 16.4 Å². The van der Waals surface area contributed by atoms with E-state index in [-0.39, 0.29) is 6.61 Å². The van der Waals surface area contributed by atoms with Gasteiger partial charge in [0, 0.05) is 32.7 Å². The van der Waals surface area contributed by atoms with Crippen molar-refractivity contribution < 1.29 is 20.1 Å². The van der Waals surface area contributed by atoms with Gasteiger partial charge in [-0.25, -0.2) is 4.68 Å². The van der Waals surface area contributed by atoms with Gasteiger partial charge < -0.3 is 20.1 Å². The molecule has 0 bridgehead atoms. The van der Waals surface area contributed by atoms with Gasteiger partial charge in [-0.2, -0.15) is 11.3 Å². The molecular weight excluding hydrogens is 468 g/mol. The number of thioether (sulfide) groups is 1. The zero-order chi connectivity index (χ0) is 19.7. The lowest BCUT2D eigenvalue weighted by Gasteiger charge is -2.41. The van der Waals surface area contributed by atoms with E-state index in [4.69, 9.17) is 4.74 Å². The largest absolute Gasteiger partial charge is 0.394 e. The van der Waals surface area contributed by atoms with Crippen molar-refractivity contribution in [3.63, 3.8) is 0 Å². The molecule has 0 radical (unpaired) electrons. The molecule has 3 N–H and O–H groups in total. The van der Waals surface area contributed by atoms with Gasteiger partial charge in [0.1, 0.15) is 35.5 Å². The smallest absolute Gasteiger partial charge is 0.136 e. The molecule has 4 rings (SSSR count). The number of aliphatic hydroxyl groups excluding tert-OH is 3. The molecule has 5 atom stereocenters. The summed E-state index contributed by atoms with van der Waals surface area (Å²) in [5.74, 6) is 0. The van der Waals surface area contributed by atoms with Gasteiger partial charge in [0.2, 0.25) is 0 Å². The second kappa shape index (κ2) is 8.57. The lowest BCUT2D eigenvalue weighted by molar-refractivity contribution is -0.178. The molecule has 0 aliphatic carbocycles. The Balaban J connectivity index is 1.61. The normalized spacial score (nSPS) is 27.8. The fourth-order valence-electron chi connectivity index (χ4n) is 3.03. The fraction of sp³-hybridized carbons (Fsp3) is 0.353. The molecule has 0 spiro atoms. The van der Waals surface area contributed by atoms with Crippen LogP contribution in [0.15, 0.2) is 50.9 Å². The predicted octanol–water partition coefficient (Wildman–Crippen LogP) is 1.94. The summed E-state index contributed by atoms with van der Waals surface area (Å²) in [6, 6.07) is 2.96. The summed E-state index contributed by atoms with van der Waals surface area (Å²) in [4.78, 5) is 4.89. The number of nitrogens with zero attached hydrogens (tertiary/aromatic N) is 4. The Morgan fingerprint density at radius 3 is 2.86 bits per heavy atom. The fourth-order valence-corrected chi connectivity index (χ4v) is 5.28. The van der Waals surface area contributed by atoms with Gasteiger partial charge in [-0.3, -0.25) is 4.98 Å². The topological polar surface area (TPSA) is 114 Å². The highest BCUT2D eigenvalue weighted by atomic mass is 79.9. The lowest BCUT2D eigenvalue weighted by atomic mass is 9.97. The Kier molecular flexibility index (Phi) is 6.11. The Bertz CT molecular complexity index is 926. The van der Waals surface area contributed by atoms with Crippen LogP contribution in [0.2, 0.25) is 0 Å². The van der Waals surface area contributed by atoms with E-state index in [2.05, 4.69) is 31.2 Å². The van der Waals surface area contributed by atoms with Crippen molar-refractivity contribution >= 4 is 39.0 Å². The third kappa shape index (κ3) is 4.01. The first-order valence-electron chi connectivity index (χ1n) is 8.41. The van der Waals surface area contributed by atoms with Crippen LogP contribution >= 0.6 is 39.0 Å². The number of halogens is 1. The number of aliphatic hydroxyl groups is 3. The minimum atomic E-state index is -1.14. The molecule has 3 aromatic heterocycles. The third-order valence-corrected chi connectivity index (χ3v) is 6.65. The second-order valence-electron chi connectivity index (χ2n) is 6.25. The van der Waals surface area contributed by atoms with E-state index in [0.29, 0.717) is 5.69 Å². The summed E-state index contributed by atoms with van der Waals surface area (Å²) in [7, 11) is 0. The molecule has 0 amide bonds. The van der Waals surface area contributed by atoms with Gasteiger partial charge in [0.05, 0.1) is 12.8 Å². The van der Waals surface area contributed by atoms with Gasteiger partial charge in [0.15, 0.2) is 0 Å². The Hall–Kier alpha value is -1.34. The van der Waals surface area contributed by atoms with Crippen LogP contribution in [0.1, 0.15) is 6.04 Å². The highest BCUT2D eigenvalue weighted by Crippen LogP contribution is 2.38. The maximum Gasteiger partial charge on any atom is 0.136 e. The average molecular weight is 485 g/mol. The summed E-state index contributed by atoms with van der Waals surface area (Å²) >= 11 is 6.18. The number of hydrogen-bond acceptors (Lipinski definition) is 9. The number of aromatic nitrogens is 4. The third-order valence-electron chi connectivity index (χ3n) is 4.41. The van der Waals surface area contributed by atoms with Crippen LogP contribution in [0.25, 0.3) is 11.3 Å². The molecule has 4 heterocycles. The molecule has 11 heteroatoms.